The van der Waals surface area contributed by atoms with Crippen LogP contribution in [0.15, 0.2) is 51.0 Å². The quantitative estimate of drug-likeness (QED) is 0.466. The van der Waals surface area contributed by atoms with Gasteiger partial charge in [0.2, 0.25) is 5.09 Å². The molecule has 0 bridgehead atoms. The number of carbonyl (C=O) groups is 1. The van der Waals surface area contributed by atoms with E-state index in [1.54, 1.807) is 12.1 Å². The van der Waals surface area contributed by atoms with Crippen LogP contribution in [0.2, 0.25) is 0 Å². The van der Waals surface area contributed by atoms with Gasteiger partial charge in [0.05, 0.1) is 6.21 Å². The summed E-state index contributed by atoms with van der Waals surface area (Å²) in [5.41, 5.74) is 3.21. The van der Waals surface area contributed by atoms with Gasteiger partial charge in [0, 0.05) is 0 Å². The summed E-state index contributed by atoms with van der Waals surface area (Å²) in [7, 11) is -4.40. The summed E-state index contributed by atoms with van der Waals surface area (Å²) in [6.07, 6.45) is 1.10. The number of hydrazone groups is 1. The Morgan fingerprint density at radius 2 is 2.17 bits per heavy atom. The van der Waals surface area contributed by atoms with Gasteiger partial charge >= 0.3 is 10.1 Å². The zero-order valence-electron chi connectivity index (χ0n) is 12.1. The molecule has 122 valence electrons. The smallest absolute Gasteiger partial charge is 0.328 e. The van der Waals surface area contributed by atoms with Crippen LogP contribution < -0.4 is 10.2 Å². The highest BCUT2D eigenvalue weighted by atomic mass is 32.2. The molecule has 2 aromatic rings. The van der Waals surface area contributed by atoms with Crippen LogP contribution in [0, 0.1) is 6.92 Å². The lowest BCUT2D eigenvalue weighted by molar-refractivity contribution is -0.123. The molecule has 1 aromatic carbocycles. The SMILES string of the molecule is Cc1cccc(OCC(=O)NN=Cc2ccc(S(=O)(=O)O)o2)c1. The first-order valence-corrected chi connectivity index (χ1v) is 7.87. The van der Waals surface area contributed by atoms with Crippen molar-refractivity contribution in [2.45, 2.75) is 12.0 Å². The third kappa shape index (κ3) is 5.24. The average molecular weight is 338 g/mol. The van der Waals surface area contributed by atoms with E-state index in [2.05, 4.69) is 10.5 Å². The normalized spacial score (nSPS) is 11.6. The Morgan fingerprint density at radius 3 is 2.83 bits per heavy atom. The molecule has 1 heterocycles. The number of furan rings is 1. The zero-order chi connectivity index (χ0) is 16.9. The van der Waals surface area contributed by atoms with Gasteiger partial charge in [0.15, 0.2) is 6.61 Å². The number of carbonyl (C=O) groups excluding carboxylic acids is 1. The van der Waals surface area contributed by atoms with E-state index < -0.39 is 21.1 Å². The lowest BCUT2D eigenvalue weighted by Crippen LogP contribution is -2.24. The fraction of sp³-hybridized carbons (Fsp3) is 0.143. The standard InChI is InChI=1S/C14H14N2O6S/c1-10-3-2-4-11(7-10)21-9-13(17)16-15-8-12-5-6-14(22-12)23(18,19)20/h2-8H,9H2,1H3,(H,16,17)(H,18,19,20). The van der Waals surface area contributed by atoms with Gasteiger partial charge in [-0.15, -0.1) is 0 Å². The number of nitrogens with one attached hydrogen (secondary N) is 1. The maximum absolute atomic E-state index is 11.5. The van der Waals surface area contributed by atoms with Crippen molar-refractivity contribution in [3.05, 3.63) is 47.7 Å². The Bertz CT molecular complexity index is 825. The fourth-order valence-electron chi connectivity index (χ4n) is 1.60. The topological polar surface area (TPSA) is 118 Å². The first-order valence-electron chi connectivity index (χ1n) is 6.43. The fourth-order valence-corrected chi connectivity index (χ4v) is 2.04. The number of nitrogens with zero attached hydrogens (tertiary/aromatic N) is 1. The predicted octanol–water partition coefficient (Wildman–Crippen LogP) is 1.36. The van der Waals surface area contributed by atoms with Crippen molar-refractivity contribution in [3.63, 3.8) is 0 Å². The average Bonchev–Trinajstić information content (AvgIpc) is 2.94. The van der Waals surface area contributed by atoms with E-state index in [1.165, 1.54) is 6.07 Å². The van der Waals surface area contributed by atoms with Gasteiger partial charge in [-0.25, -0.2) is 5.43 Å². The summed E-state index contributed by atoms with van der Waals surface area (Å²) < 4.78 is 40.4. The molecule has 9 heteroatoms. The third-order valence-electron chi connectivity index (χ3n) is 2.60. The second kappa shape index (κ2) is 7.07. The first-order chi connectivity index (χ1) is 10.8. The van der Waals surface area contributed by atoms with Gasteiger partial charge < -0.3 is 9.15 Å². The molecule has 23 heavy (non-hydrogen) atoms. The predicted molar refractivity (Wildman–Crippen MR) is 80.9 cm³/mol. The van der Waals surface area contributed by atoms with Crippen molar-refractivity contribution >= 4 is 22.2 Å². The Hall–Kier alpha value is -2.65. The lowest BCUT2D eigenvalue weighted by Gasteiger charge is -2.05. The summed E-state index contributed by atoms with van der Waals surface area (Å²) in [4.78, 5) is 11.5. The summed E-state index contributed by atoms with van der Waals surface area (Å²) in [6.45, 7) is 1.68. The van der Waals surface area contributed by atoms with Crippen molar-refractivity contribution in [1.82, 2.24) is 5.43 Å². The zero-order valence-corrected chi connectivity index (χ0v) is 12.9. The van der Waals surface area contributed by atoms with Crippen LogP contribution in [-0.2, 0) is 14.9 Å². The highest BCUT2D eigenvalue weighted by molar-refractivity contribution is 7.85. The van der Waals surface area contributed by atoms with Crippen molar-refractivity contribution in [2.75, 3.05) is 6.61 Å². The van der Waals surface area contributed by atoms with Crippen LogP contribution in [0.5, 0.6) is 5.75 Å². The highest BCUT2D eigenvalue weighted by Crippen LogP contribution is 2.12. The minimum absolute atomic E-state index is 0.0533. The third-order valence-corrected chi connectivity index (χ3v) is 3.32. The van der Waals surface area contributed by atoms with E-state index >= 15 is 0 Å². The number of ether oxygens (including phenoxy) is 1. The van der Waals surface area contributed by atoms with Gasteiger partial charge in [-0.3, -0.25) is 9.35 Å². The van der Waals surface area contributed by atoms with Crippen LogP contribution in [0.25, 0.3) is 0 Å². The second-order valence-corrected chi connectivity index (χ2v) is 5.88. The lowest BCUT2D eigenvalue weighted by atomic mass is 10.2. The second-order valence-electron chi connectivity index (χ2n) is 4.53. The van der Waals surface area contributed by atoms with Gasteiger partial charge in [-0.05, 0) is 36.8 Å². The van der Waals surface area contributed by atoms with Crippen LogP contribution in [0.4, 0.5) is 0 Å². The van der Waals surface area contributed by atoms with E-state index in [0.29, 0.717) is 5.75 Å². The Balaban J connectivity index is 1.83. The number of amides is 1. The molecule has 2 N–H and O–H groups in total. The van der Waals surface area contributed by atoms with Crippen molar-refractivity contribution in [3.8, 4) is 5.75 Å². The molecule has 0 aliphatic heterocycles. The molecule has 0 fully saturated rings. The molecule has 1 amide bonds. The minimum Gasteiger partial charge on any atom is -0.484 e. The molecular formula is C14H14N2O6S. The van der Waals surface area contributed by atoms with Crippen molar-refractivity contribution in [1.29, 1.82) is 0 Å². The highest BCUT2D eigenvalue weighted by Gasteiger charge is 2.14. The Kier molecular flexibility index (Phi) is 5.14. The molecule has 0 saturated carbocycles. The molecule has 8 nitrogen and oxygen atoms in total. The van der Waals surface area contributed by atoms with Crippen LogP contribution in [0.3, 0.4) is 0 Å². The maximum Gasteiger partial charge on any atom is 0.328 e. The van der Waals surface area contributed by atoms with Gasteiger partial charge in [-0.1, -0.05) is 12.1 Å². The molecule has 0 radical (unpaired) electrons. The van der Waals surface area contributed by atoms with E-state index in [9.17, 15) is 13.2 Å². The van der Waals surface area contributed by atoms with Crippen molar-refractivity contribution < 1.29 is 26.9 Å². The number of rotatable bonds is 6. The van der Waals surface area contributed by atoms with Crippen molar-refractivity contribution in [2.24, 2.45) is 5.10 Å². The van der Waals surface area contributed by atoms with E-state index in [1.807, 2.05) is 19.1 Å². The summed E-state index contributed by atoms with van der Waals surface area (Å²) in [6, 6.07) is 9.58. The number of benzene rings is 1. The molecular weight excluding hydrogens is 324 g/mol. The first kappa shape index (κ1) is 16.7. The molecule has 0 atom stereocenters. The summed E-state index contributed by atoms with van der Waals surface area (Å²) >= 11 is 0. The molecule has 0 spiro atoms. The number of hydrogen-bond donors (Lipinski definition) is 2. The van der Waals surface area contributed by atoms with E-state index in [-0.39, 0.29) is 12.4 Å². The Morgan fingerprint density at radius 1 is 1.39 bits per heavy atom. The number of hydrogen-bond acceptors (Lipinski definition) is 6. The summed E-state index contributed by atoms with van der Waals surface area (Å²) in [5, 5.41) is 2.99. The Labute approximate surface area is 132 Å². The van der Waals surface area contributed by atoms with Gasteiger partial charge in [0.1, 0.15) is 11.5 Å². The van der Waals surface area contributed by atoms with Crippen LogP contribution in [-0.4, -0.2) is 31.7 Å². The van der Waals surface area contributed by atoms with E-state index in [4.69, 9.17) is 13.7 Å². The van der Waals surface area contributed by atoms with Gasteiger partial charge in [-0.2, -0.15) is 13.5 Å². The molecule has 0 aliphatic rings. The maximum atomic E-state index is 11.5. The van der Waals surface area contributed by atoms with Crippen LogP contribution in [0.1, 0.15) is 11.3 Å². The molecule has 0 unspecified atom stereocenters. The molecule has 0 saturated heterocycles. The minimum atomic E-state index is -4.40. The summed E-state index contributed by atoms with van der Waals surface area (Å²) in [5.74, 6) is 0.120. The van der Waals surface area contributed by atoms with Gasteiger partial charge in [0.25, 0.3) is 5.91 Å². The molecule has 0 aliphatic carbocycles. The molecule has 2 rings (SSSR count). The number of aryl methyl sites for hydroxylation is 1. The molecule has 1 aromatic heterocycles. The van der Waals surface area contributed by atoms with Crippen LogP contribution >= 0.6 is 0 Å². The van der Waals surface area contributed by atoms with E-state index in [0.717, 1.165) is 17.8 Å². The largest absolute Gasteiger partial charge is 0.484 e. The monoisotopic (exact) mass is 338 g/mol.